The van der Waals surface area contributed by atoms with Crippen molar-refractivity contribution in [3.63, 3.8) is 0 Å². The molecule has 0 spiro atoms. The molecule has 0 fully saturated rings. The van der Waals surface area contributed by atoms with Crippen molar-refractivity contribution in [2.45, 2.75) is 13.8 Å². The van der Waals surface area contributed by atoms with Gasteiger partial charge in [-0.3, -0.25) is 0 Å². The predicted molar refractivity (Wildman–Crippen MR) is 155 cm³/mol. The molecule has 0 atom stereocenters. The Balaban J connectivity index is 1.54. The van der Waals surface area contributed by atoms with Crippen LogP contribution >= 0.6 is 0 Å². The maximum Gasteiger partial charge on any atom is 0.216 e. The summed E-state index contributed by atoms with van der Waals surface area (Å²) in [6.45, 7) is 4.22. The Morgan fingerprint density at radius 3 is 2.21 bits per heavy atom. The number of pyridine rings is 1. The van der Waals surface area contributed by atoms with E-state index in [1.54, 1.807) is 0 Å². The Bertz CT molecular complexity index is 2130. The lowest BCUT2D eigenvalue weighted by Crippen LogP contribution is -2.31. The second kappa shape index (κ2) is 8.30. The minimum absolute atomic E-state index is 0.607. The summed E-state index contributed by atoms with van der Waals surface area (Å²) >= 11 is 0. The topological polar surface area (TPSA) is 40.8 Å². The first-order valence-electron chi connectivity index (χ1n) is 12.8. The molecule has 0 aliphatic heterocycles. The van der Waals surface area contributed by atoms with Gasteiger partial charge < -0.3 is 4.42 Å². The van der Waals surface area contributed by atoms with Gasteiger partial charge in [-0.15, -0.1) is 0 Å². The first-order valence-corrected chi connectivity index (χ1v) is 12.8. The summed E-state index contributed by atoms with van der Waals surface area (Å²) in [5.74, 6) is 0. The number of aryl methyl sites for hydroxylation is 3. The maximum absolute atomic E-state index is 10.1. The zero-order valence-electron chi connectivity index (χ0n) is 21.5. The van der Waals surface area contributed by atoms with Gasteiger partial charge in [0.25, 0.3) is 0 Å². The lowest BCUT2D eigenvalue weighted by molar-refractivity contribution is -0.660. The van der Waals surface area contributed by atoms with Crippen LogP contribution in [0.4, 0.5) is 0 Å². The highest BCUT2D eigenvalue weighted by Crippen LogP contribution is 2.42. The predicted octanol–water partition coefficient (Wildman–Crippen LogP) is 8.54. The minimum atomic E-state index is 0.607. The fourth-order valence-corrected chi connectivity index (χ4v) is 5.87. The van der Waals surface area contributed by atoms with Gasteiger partial charge in [-0.2, -0.15) is 5.26 Å². The molecule has 2 aromatic heterocycles. The van der Waals surface area contributed by atoms with Crippen LogP contribution < -0.4 is 4.57 Å². The molecular formula is C35H25N2O+. The summed E-state index contributed by atoms with van der Waals surface area (Å²) in [6.07, 6.45) is 2.13. The second-order valence-electron chi connectivity index (χ2n) is 10.1. The molecule has 180 valence electrons. The van der Waals surface area contributed by atoms with E-state index in [0.29, 0.717) is 5.56 Å². The van der Waals surface area contributed by atoms with Crippen LogP contribution in [0.25, 0.3) is 65.9 Å². The maximum atomic E-state index is 10.1. The Morgan fingerprint density at radius 2 is 1.39 bits per heavy atom. The molecule has 2 heterocycles. The van der Waals surface area contributed by atoms with E-state index in [-0.39, 0.29) is 0 Å². The smallest absolute Gasteiger partial charge is 0.216 e. The molecule has 7 aromatic rings. The van der Waals surface area contributed by atoms with Crippen molar-refractivity contribution in [1.29, 1.82) is 5.26 Å². The van der Waals surface area contributed by atoms with E-state index in [2.05, 4.69) is 117 Å². The van der Waals surface area contributed by atoms with E-state index in [9.17, 15) is 5.26 Å². The Labute approximate surface area is 220 Å². The van der Waals surface area contributed by atoms with E-state index in [1.807, 2.05) is 12.1 Å². The molecule has 3 nitrogen and oxygen atoms in total. The Morgan fingerprint density at radius 1 is 0.684 bits per heavy atom. The van der Waals surface area contributed by atoms with E-state index in [0.717, 1.165) is 55.3 Å². The summed E-state index contributed by atoms with van der Waals surface area (Å²) in [6, 6.07) is 34.1. The van der Waals surface area contributed by atoms with Gasteiger partial charge in [0.15, 0.2) is 6.20 Å². The number of furan rings is 1. The second-order valence-corrected chi connectivity index (χ2v) is 10.1. The molecule has 3 heteroatoms. The number of fused-ring (bicyclic) bond motifs is 6. The van der Waals surface area contributed by atoms with E-state index in [1.165, 1.54) is 21.7 Å². The average Bonchev–Trinajstić information content (AvgIpc) is 3.31. The van der Waals surface area contributed by atoms with Gasteiger partial charge in [-0.1, -0.05) is 60.7 Å². The van der Waals surface area contributed by atoms with Gasteiger partial charge in [-0.25, -0.2) is 4.57 Å². The molecular weight excluding hydrogens is 464 g/mol. The molecule has 0 saturated heterocycles. The van der Waals surface area contributed by atoms with Crippen LogP contribution in [0.3, 0.4) is 0 Å². The molecule has 0 radical (unpaired) electrons. The summed E-state index contributed by atoms with van der Waals surface area (Å²) in [5, 5.41) is 17.0. The highest BCUT2D eigenvalue weighted by molar-refractivity contribution is 6.15. The lowest BCUT2D eigenvalue weighted by Gasteiger charge is -2.09. The van der Waals surface area contributed by atoms with Gasteiger partial charge in [0.1, 0.15) is 18.2 Å². The molecule has 0 N–H and O–H groups in total. The van der Waals surface area contributed by atoms with Crippen LogP contribution in [-0.2, 0) is 7.05 Å². The average molecular weight is 490 g/mol. The quantitative estimate of drug-likeness (QED) is 0.180. The monoisotopic (exact) mass is 489 g/mol. The Kier molecular flexibility index (Phi) is 4.86. The van der Waals surface area contributed by atoms with Gasteiger partial charge in [0.05, 0.1) is 17.2 Å². The van der Waals surface area contributed by atoms with Crippen molar-refractivity contribution >= 4 is 43.5 Å². The molecule has 0 aliphatic rings. The lowest BCUT2D eigenvalue weighted by atomic mass is 9.93. The van der Waals surface area contributed by atoms with Crippen LogP contribution in [0.2, 0.25) is 0 Å². The molecule has 38 heavy (non-hydrogen) atoms. The van der Waals surface area contributed by atoms with Gasteiger partial charge in [-0.05, 0) is 70.8 Å². The third-order valence-corrected chi connectivity index (χ3v) is 7.71. The van der Waals surface area contributed by atoms with Gasteiger partial charge >= 0.3 is 0 Å². The summed E-state index contributed by atoms with van der Waals surface area (Å²) in [5.41, 5.74) is 8.56. The summed E-state index contributed by atoms with van der Waals surface area (Å²) in [4.78, 5) is 0. The fraction of sp³-hybridized carbons (Fsp3) is 0.0857. The summed E-state index contributed by atoms with van der Waals surface area (Å²) < 4.78 is 8.90. The van der Waals surface area contributed by atoms with E-state index < -0.39 is 0 Å². The minimum Gasteiger partial charge on any atom is -0.454 e. The number of benzene rings is 5. The van der Waals surface area contributed by atoms with Crippen molar-refractivity contribution in [2.24, 2.45) is 7.05 Å². The molecule has 0 saturated carbocycles. The van der Waals surface area contributed by atoms with Crippen molar-refractivity contribution in [2.75, 3.05) is 0 Å². The van der Waals surface area contributed by atoms with Crippen molar-refractivity contribution in [3.05, 3.63) is 114 Å². The molecule has 0 unspecified atom stereocenters. The molecule has 7 rings (SSSR count). The van der Waals surface area contributed by atoms with Crippen molar-refractivity contribution < 1.29 is 8.98 Å². The molecule has 5 aromatic carbocycles. The normalized spacial score (nSPS) is 11.5. The van der Waals surface area contributed by atoms with Crippen molar-refractivity contribution in [1.82, 2.24) is 0 Å². The first-order chi connectivity index (χ1) is 18.5. The van der Waals surface area contributed by atoms with Crippen LogP contribution in [0.1, 0.15) is 16.7 Å². The number of hydrogen-bond donors (Lipinski definition) is 0. The van der Waals surface area contributed by atoms with Crippen LogP contribution in [0.5, 0.6) is 0 Å². The first kappa shape index (κ1) is 22.3. The van der Waals surface area contributed by atoms with E-state index >= 15 is 0 Å². The number of nitriles is 1. The molecule has 0 amide bonds. The number of rotatable bonds is 2. The molecule has 0 aliphatic carbocycles. The number of hydrogen-bond acceptors (Lipinski definition) is 2. The number of aromatic nitrogens is 1. The van der Waals surface area contributed by atoms with Crippen LogP contribution in [0.15, 0.2) is 102 Å². The van der Waals surface area contributed by atoms with Crippen LogP contribution in [0, 0.1) is 25.2 Å². The van der Waals surface area contributed by atoms with E-state index in [4.69, 9.17) is 4.42 Å². The third-order valence-electron chi connectivity index (χ3n) is 7.71. The zero-order chi connectivity index (χ0) is 26.0. The highest BCUT2D eigenvalue weighted by Gasteiger charge is 2.23. The zero-order valence-corrected chi connectivity index (χ0v) is 21.5. The largest absolute Gasteiger partial charge is 0.454 e. The third kappa shape index (κ3) is 3.24. The van der Waals surface area contributed by atoms with Crippen LogP contribution in [-0.4, -0.2) is 0 Å². The Hall–Kier alpha value is -4.94. The standard InChI is InChI=1S/C35H25N2O/c1-21-8-17-31(37(3)20-21)32-22(2)9-14-29-30-16-13-26(19-36)33(35(30)38-34(29)32)25-12-15-28-24(18-25)11-10-23-6-4-5-7-27(23)28/h4-18,20H,1-3H3/q+1. The number of nitrogens with zero attached hydrogens (tertiary/aromatic N) is 2. The SMILES string of the molecule is Cc1ccc(-c2c(C)ccc3c2oc2c(-c4ccc5c(ccc6ccccc65)c4)c(C#N)ccc23)[n+](C)c1. The highest BCUT2D eigenvalue weighted by atomic mass is 16.3. The summed E-state index contributed by atoms with van der Waals surface area (Å²) in [7, 11) is 2.07. The van der Waals surface area contributed by atoms with Gasteiger partial charge in [0.2, 0.25) is 5.69 Å². The van der Waals surface area contributed by atoms with Crippen molar-refractivity contribution in [3.8, 4) is 28.5 Å². The molecule has 0 bridgehead atoms. The fourth-order valence-electron chi connectivity index (χ4n) is 5.87. The van der Waals surface area contributed by atoms with Gasteiger partial charge in [0, 0.05) is 28.0 Å².